The predicted octanol–water partition coefficient (Wildman–Crippen LogP) is 3.18. The minimum absolute atomic E-state index is 0.0109. The fraction of sp³-hybridized carbons (Fsp3) is 0.316. The van der Waals surface area contributed by atoms with Crippen molar-refractivity contribution in [3.8, 4) is 0 Å². The van der Waals surface area contributed by atoms with Crippen LogP contribution in [0.1, 0.15) is 24.8 Å². The first kappa shape index (κ1) is 18.4. The molecule has 26 heavy (non-hydrogen) atoms. The number of benzene rings is 2. The van der Waals surface area contributed by atoms with E-state index in [0.29, 0.717) is 12.1 Å². The Hall–Kier alpha value is -2.41. The Morgan fingerprint density at radius 3 is 2.19 bits per heavy atom. The van der Waals surface area contributed by atoms with Crippen LogP contribution in [0.2, 0.25) is 0 Å². The van der Waals surface area contributed by atoms with Crippen LogP contribution in [0.5, 0.6) is 0 Å². The van der Waals surface area contributed by atoms with Crippen LogP contribution in [-0.2, 0) is 21.2 Å². The summed E-state index contributed by atoms with van der Waals surface area (Å²) < 4.78 is 40.0. The van der Waals surface area contributed by atoms with Crippen LogP contribution in [0, 0.1) is 5.82 Å². The van der Waals surface area contributed by atoms with Gasteiger partial charge in [-0.3, -0.25) is 9.52 Å². The van der Waals surface area contributed by atoms with Crippen LogP contribution in [0.15, 0.2) is 53.4 Å². The molecule has 5 nitrogen and oxygen atoms in total. The lowest BCUT2D eigenvalue weighted by atomic mass is 10.1. The van der Waals surface area contributed by atoms with Crippen molar-refractivity contribution in [2.75, 3.05) is 17.8 Å². The summed E-state index contributed by atoms with van der Waals surface area (Å²) in [6.07, 6.45) is 3.59. The van der Waals surface area contributed by atoms with Crippen LogP contribution in [0.25, 0.3) is 0 Å². The molecule has 0 aromatic heterocycles. The van der Waals surface area contributed by atoms with Crippen molar-refractivity contribution >= 4 is 21.6 Å². The Morgan fingerprint density at radius 1 is 0.962 bits per heavy atom. The number of hydrogen-bond donors (Lipinski definition) is 1. The molecule has 1 heterocycles. The van der Waals surface area contributed by atoms with Crippen molar-refractivity contribution in [1.29, 1.82) is 0 Å². The number of hydrogen-bond acceptors (Lipinski definition) is 3. The van der Waals surface area contributed by atoms with Gasteiger partial charge in [0.05, 0.1) is 11.3 Å². The summed E-state index contributed by atoms with van der Waals surface area (Å²) in [7, 11) is -3.77. The van der Waals surface area contributed by atoms with E-state index in [9.17, 15) is 17.6 Å². The van der Waals surface area contributed by atoms with Crippen LogP contribution in [0.3, 0.4) is 0 Å². The molecule has 0 atom stereocenters. The van der Waals surface area contributed by atoms with Crippen LogP contribution >= 0.6 is 0 Å². The predicted molar refractivity (Wildman–Crippen MR) is 97.8 cm³/mol. The van der Waals surface area contributed by atoms with E-state index < -0.39 is 15.8 Å². The zero-order valence-electron chi connectivity index (χ0n) is 14.3. The van der Waals surface area contributed by atoms with Crippen molar-refractivity contribution in [1.82, 2.24) is 4.90 Å². The van der Waals surface area contributed by atoms with E-state index in [1.807, 2.05) is 4.90 Å². The average Bonchev–Trinajstić information content (AvgIpc) is 2.64. The van der Waals surface area contributed by atoms with Gasteiger partial charge in [0.2, 0.25) is 5.91 Å². The van der Waals surface area contributed by atoms with Gasteiger partial charge in [-0.2, -0.15) is 0 Å². The first-order valence-corrected chi connectivity index (χ1v) is 10.1. The average molecular weight is 376 g/mol. The Morgan fingerprint density at radius 2 is 1.58 bits per heavy atom. The number of carbonyl (C=O) groups is 1. The Labute approximate surface area is 152 Å². The number of likely N-dealkylation sites (tertiary alicyclic amines) is 1. The second-order valence-corrected chi connectivity index (χ2v) is 8.06. The van der Waals surface area contributed by atoms with E-state index in [0.717, 1.165) is 43.6 Å². The number of anilines is 1. The Kier molecular flexibility index (Phi) is 5.56. The highest BCUT2D eigenvalue weighted by Gasteiger charge is 2.17. The first-order valence-electron chi connectivity index (χ1n) is 8.59. The van der Waals surface area contributed by atoms with E-state index in [1.165, 1.54) is 18.6 Å². The van der Waals surface area contributed by atoms with Gasteiger partial charge in [-0.1, -0.05) is 12.1 Å². The molecule has 0 radical (unpaired) electrons. The van der Waals surface area contributed by atoms with Crippen LogP contribution in [-0.4, -0.2) is 32.3 Å². The monoisotopic (exact) mass is 376 g/mol. The minimum atomic E-state index is -3.77. The molecule has 0 unspecified atom stereocenters. The number of rotatable bonds is 5. The van der Waals surface area contributed by atoms with E-state index in [4.69, 9.17) is 0 Å². The molecule has 2 aromatic carbocycles. The molecule has 3 rings (SSSR count). The van der Waals surface area contributed by atoms with Crippen molar-refractivity contribution in [3.05, 3.63) is 59.9 Å². The highest BCUT2D eigenvalue weighted by Crippen LogP contribution is 2.18. The number of carbonyl (C=O) groups excluding carboxylic acids is 1. The van der Waals surface area contributed by atoms with Gasteiger partial charge in [-0.25, -0.2) is 12.8 Å². The molecule has 2 aromatic rings. The molecular formula is C19H21FN2O3S. The van der Waals surface area contributed by atoms with E-state index in [-0.39, 0.29) is 10.8 Å². The van der Waals surface area contributed by atoms with Crippen molar-refractivity contribution < 1.29 is 17.6 Å². The number of sulfonamides is 1. The van der Waals surface area contributed by atoms with Crippen LogP contribution in [0.4, 0.5) is 10.1 Å². The topological polar surface area (TPSA) is 66.5 Å². The highest BCUT2D eigenvalue weighted by molar-refractivity contribution is 7.92. The number of nitrogens with one attached hydrogen (secondary N) is 1. The van der Waals surface area contributed by atoms with Gasteiger partial charge in [-0.15, -0.1) is 0 Å². The summed E-state index contributed by atoms with van der Waals surface area (Å²) in [4.78, 5) is 14.2. The minimum Gasteiger partial charge on any atom is -0.342 e. The summed E-state index contributed by atoms with van der Waals surface area (Å²) in [5, 5.41) is 0. The lowest BCUT2D eigenvalue weighted by Gasteiger charge is -2.26. The van der Waals surface area contributed by atoms with E-state index >= 15 is 0 Å². The SMILES string of the molecule is O=C(Cc1ccc(NS(=O)(=O)c2ccc(F)cc2)cc1)N1CCCCC1. The summed E-state index contributed by atoms with van der Waals surface area (Å²) in [5.74, 6) is -0.393. The first-order chi connectivity index (χ1) is 12.4. The zero-order chi connectivity index (χ0) is 18.6. The maximum atomic E-state index is 12.9. The van der Waals surface area contributed by atoms with Gasteiger partial charge in [0, 0.05) is 18.8 Å². The maximum Gasteiger partial charge on any atom is 0.261 e. The smallest absolute Gasteiger partial charge is 0.261 e. The lowest BCUT2D eigenvalue weighted by Crippen LogP contribution is -2.36. The second-order valence-electron chi connectivity index (χ2n) is 6.37. The van der Waals surface area contributed by atoms with E-state index in [2.05, 4.69) is 4.72 Å². The van der Waals surface area contributed by atoms with Gasteiger partial charge in [0.15, 0.2) is 0 Å². The Balaban J connectivity index is 1.63. The van der Waals surface area contributed by atoms with Crippen LogP contribution < -0.4 is 4.72 Å². The number of amides is 1. The van der Waals surface area contributed by atoms with E-state index in [1.54, 1.807) is 24.3 Å². The molecule has 1 saturated heterocycles. The molecular weight excluding hydrogens is 355 g/mol. The summed E-state index contributed by atoms with van der Waals surface area (Å²) in [6.45, 7) is 1.63. The largest absolute Gasteiger partial charge is 0.342 e. The third-order valence-electron chi connectivity index (χ3n) is 4.39. The molecule has 0 bridgehead atoms. The second kappa shape index (κ2) is 7.86. The summed E-state index contributed by atoms with van der Waals surface area (Å²) in [5.41, 5.74) is 1.23. The lowest BCUT2D eigenvalue weighted by molar-refractivity contribution is -0.131. The molecule has 7 heteroatoms. The zero-order valence-corrected chi connectivity index (χ0v) is 15.1. The maximum absolute atomic E-state index is 12.9. The van der Waals surface area contributed by atoms with Crippen molar-refractivity contribution in [2.24, 2.45) is 0 Å². The molecule has 1 N–H and O–H groups in total. The normalized spacial score (nSPS) is 14.9. The summed E-state index contributed by atoms with van der Waals surface area (Å²) in [6, 6.07) is 11.4. The third kappa shape index (κ3) is 4.60. The molecule has 1 amide bonds. The molecule has 1 fully saturated rings. The molecule has 0 aliphatic carbocycles. The van der Waals surface area contributed by atoms with Crippen molar-refractivity contribution in [3.63, 3.8) is 0 Å². The van der Waals surface area contributed by atoms with Gasteiger partial charge >= 0.3 is 0 Å². The molecule has 1 aliphatic rings. The number of halogens is 1. The standard InChI is InChI=1S/C19H21FN2O3S/c20-16-6-10-18(11-7-16)26(24,25)21-17-8-4-15(5-9-17)14-19(23)22-12-2-1-3-13-22/h4-11,21H,1-3,12-14H2. The van der Waals surface area contributed by atoms with Gasteiger partial charge in [0.1, 0.15) is 5.82 Å². The Bertz CT molecular complexity index is 859. The van der Waals surface area contributed by atoms with Gasteiger partial charge < -0.3 is 4.90 Å². The number of piperidine rings is 1. The quantitative estimate of drug-likeness (QED) is 0.872. The third-order valence-corrected chi connectivity index (χ3v) is 5.79. The van der Waals surface area contributed by atoms with Gasteiger partial charge in [-0.05, 0) is 61.2 Å². The highest BCUT2D eigenvalue weighted by atomic mass is 32.2. The number of nitrogens with zero attached hydrogens (tertiary/aromatic N) is 1. The van der Waals surface area contributed by atoms with Gasteiger partial charge in [0.25, 0.3) is 10.0 Å². The molecule has 138 valence electrons. The fourth-order valence-electron chi connectivity index (χ4n) is 2.95. The molecule has 0 saturated carbocycles. The fourth-order valence-corrected chi connectivity index (χ4v) is 4.01. The summed E-state index contributed by atoms with van der Waals surface area (Å²) >= 11 is 0. The molecule has 1 aliphatic heterocycles. The van der Waals surface area contributed by atoms with Crippen molar-refractivity contribution in [2.45, 2.75) is 30.6 Å². The molecule has 0 spiro atoms.